The Hall–Kier alpha value is -2.23. The Morgan fingerprint density at radius 2 is 1.88 bits per heavy atom. The van der Waals surface area contributed by atoms with Crippen LogP contribution in [0.5, 0.6) is 0 Å². The number of pyridine rings is 1. The third kappa shape index (κ3) is 1.65. The van der Waals surface area contributed by atoms with Gasteiger partial charge in [-0.15, -0.1) is 0 Å². The SMILES string of the molecule is c1ccn2cc(CNn3cccc3)nc2c1. The number of nitrogens with zero attached hydrogens (tertiary/aromatic N) is 3. The highest BCUT2D eigenvalue weighted by Crippen LogP contribution is 2.04. The van der Waals surface area contributed by atoms with E-state index in [0.717, 1.165) is 17.9 Å². The molecule has 0 radical (unpaired) electrons. The minimum atomic E-state index is 0.719. The van der Waals surface area contributed by atoms with Crippen LogP contribution in [0, 0.1) is 0 Å². The second-order valence-corrected chi connectivity index (χ2v) is 3.62. The first-order valence-corrected chi connectivity index (χ1v) is 5.21. The maximum Gasteiger partial charge on any atom is 0.137 e. The van der Waals surface area contributed by atoms with E-state index in [2.05, 4.69) is 10.4 Å². The number of nitrogens with one attached hydrogen (secondary N) is 1. The third-order valence-corrected chi connectivity index (χ3v) is 2.46. The van der Waals surface area contributed by atoms with Crippen molar-refractivity contribution >= 4 is 5.65 Å². The van der Waals surface area contributed by atoms with Gasteiger partial charge in [0.1, 0.15) is 5.65 Å². The zero-order valence-corrected chi connectivity index (χ0v) is 8.74. The first kappa shape index (κ1) is 9.03. The minimum Gasteiger partial charge on any atom is -0.320 e. The molecule has 16 heavy (non-hydrogen) atoms. The van der Waals surface area contributed by atoms with Crippen LogP contribution >= 0.6 is 0 Å². The van der Waals surface area contributed by atoms with Gasteiger partial charge >= 0.3 is 0 Å². The van der Waals surface area contributed by atoms with E-state index in [0.29, 0.717) is 0 Å². The molecule has 3 aromatic heterocycles. The summed E-state index contributed by atoms with van der Waals surface area (Å²) in [4.78, 5) is 4.50. The Bertz CT molecular complexity index is 547. The molecule has 0 fully saturated rings. The molecular weight excluding hydrogens is 200 g/mol. The molecule has 3 rings (SSSR count). The maximum absolute atomic E-state index is 4.50. The van der Waals surface area contributed by atoms with Gasteiger partial charge in [0.15, 0.2) is 0 Å². The van der Waals surface area contributed by atoms with E-state index in [1.165, 1.54) is 0 Å². The summed E-state index contributed by atoms with van der Waals surface area (Å²) in [6.07, 6.45) is 7.97. The number of hydrogen-bond acceptors (Lipinski definition) is 2. The Balaban J connectivity index is 1.79. The van der Waals surface area contributed by atoms with Crippen molar-refractivity contribution in [3.63, 3.8) is 0 Å². The molecule has 4 nitrogen and oxygen atoms in total. The monoisotopic (exact) mass is 212 g/mol. The lowest BCUT2D eigenvalue weighted by Gasteiger charge is -2.03. The van der Waals surface area contributed by atoms with E-state index < -0.39 is 0 Å². The summed E-state index contributed by atoms with van der Waals surface area (Å²) in [6.45, 7) is 0.719. The van der Waals surface area contributed by atoms with Crippen molar-refractivity contribution in [1.29, 1.82) is 0 Å². The van der Waals surface area contributed by atoms with E-state index in [4.69, 9.17) is 0 Å². The van der Waals surface area contributed by atoms with E-state index in [1.54, 1.807) is 0 Å². The van der Waals surface area contributed by atoms with Gasteiger partial charge in [-0.1, -0.05) is 6.07 Å². The minimum absolute atomic E-state index is 0.719. The van der Waals surface area contributed by atoms with Gasteiger partial charge in [0.2, 0.25) is 0 Å². The highest BCUT2D eigenvalue weighted by Gasteiger charge is 1.99. The Morgan fingerprint density at radius 3 is 2.69 bits per heavy atom. The second kappa shape index (κ2) is 3.73. The van der Waals surface area contributed by atoms with Crippen LogP contribution in [0.25, 0.3) is 5.65 Å². The summed E-state index contributed by atoms with van der Waals surface area (Å²) in [7, 11) is 0. The average molecular weight is 212 g/mol. The van der Waals surface area contributed by atoms with Gasteiger partial charge < -0.3 is 9.83 Å². The molecule has 80 valence electrons. The summed E-state index contributed by atoms with van der Waals surface area (Å²) in [6, 6.07) is 9.95. The fourth-order valence-electron chi connectivity index (χ4n) is 1.68. The van der Waals surface area contributed by atoms with E-state index >= 15 is 0 Å². The predicted molar refractivity (Wildman–Crippen MR) is 62.7 cm³/mol. The molecule has 3 heterocycles. The fourth-order valence-corrected chi connectivity index (χ4v) is 1.68. The molecule has 0 aromatic carbocycles. The highest BCUT2D eigenvalue weighted by molar-refractivity contribution is 5.39. The lowest BCUT2D eigenvalue weighted by atomic mass is 10.5. The first-order chi connectivity index (χ1) is 7.92. The molecule has 0 aliphatic carbocycles. The van der Waals surface area contributed by atoms with Gasteiger partial charge in [-0.25, -0.2) is 4.98 Å². The van der Waals surface area contributed by atoms with Gasteiger partial charge in [0, 0.05) is 24.8 Å². The van der Waals surface area contributed by atoms with Crippen LogP contribution < -0.4 is 5.43 Å². The molecule has 0 saturated heterocycles. The van der Waals surface area contributed by atoms with E-state index in [-0.39, 0.29) is 0 Å². The van der Waals surface area contributed by atoms with Crippen molar-refractivity contribution < 1.29 is 0 Å². The van der Waals surface area contributed by atoms with Crippen molar-refractivity contribution in [3.8, 4) is 0 Å². The molecule has 0 spiro atoms. The highest BCUT2D eigenvalue weighted by atomic mass is 15.4. The topological polar surface area (TPSA) is 34.3 Å². The van der Waals surface area contributed by atoms with Crippen LogP contribution in [0.15, 0.2) is 55.1 Å². The van der Waals surface area contributed by atoms with Crippen LogP contribution in [-0.4, -0.2) is 14.1 Å². The largest absolute Gasteiger partial charge is 0.320 e. The summed E-state index contributed by atoms with van der Waals surface area (Å²) in [5, 5.41) is 0. The van der Waals surface area contributed by atoms with Gasteiger partial charge in [-0.2, -0.15) is 0 Å². The van der Waals surface area contributed by atoms with E-state index in [1.807, 2.05) is 64.2 Å². The van der Waals surface area contributed by atoms with Gasteiger partial charge in [0.25, 0.3) is 0 Å². The standard InChI is InChI=1S/C12H12N4/c1-2-6-15-10-11(14-12(15)5-1)9-13-16-7-3-4-8-16/h1-8,10,13H,9H2. The number of aromatic nitrogens is 3. The molecule has 0 bridgehead atoms. The maximum atomic E-state index is 4.50. The zero-order valence-electron chi connectivity index (χ0n) is 8.74. The molecule has 0 aliphatic heterocycles. The molecule has 0 atom stereocenters. The third-order valence-electron chi connectivity index (χ3n) is 2.46. The lowest BCUT2D eigenvalue weighted by Crippen LogP contribution is -2.11. The van der Waals surface area contributed by atoms with Gasteiger partial charge in [-0.3, -0.25) is 4.68 Å². The molecular formula is C12H12N4. The smallest absolute Gasteiger partial charge is 0.137 e. The van der Waals surface area contributed by atoms with Crippen LogP contribution in [0.4, 0.5) is 0 Å². The van der Waals surface area contributed by atoms with Crippen molar-refractivity contribution in [2.45, 2.75) is 6.54 Å². The first-order valence-electron chi connectivity index (χ1n) is 5.21. The van der Waals surface area contributed by atoms with Gasteiger partial charge in [0.05, 0.1) is 12.2 Å². The number of hydrogen-bond donors (Lipinski definition) is 1. The molecule has 0 aliphatic rings. The normalized spacial score (nSPS) is 10.8. The Morgan fingerprint density at radius 1 is 1.06 bits per heavy atom. The molecule has 0 saturated carbocycles. The summed E-state index contributed by atoms with van der Waals surface area (Å²) in [5.41, 5.74) is 5.25. The van der Waals surface area contributed by atoms with Crippen molar-refractivity contribution in [3.05, 3.63) is 60.8 Å². The van der Waals surface area contributed by atoms with Crippen LogP contribution in [0.2, 0.25) is 0 Å². The van der Waals surface area contributed by atoms with Crippen molar-refractivity contribution in [2.24, 2.45) is 0 Å². The van der Waals surface area contributed by atoms with Crippen molar-refractivity contribution in [2.75, 3.05) is 5.43 Å². The predicted octanol–water partition coefficient (Wildman–Crippen LogP) is 1.88. The van der Waals surface area contributed by atoms with Gasteiger partial charge in [-0.05, 0) is 24.3 Å². The summed E-state index contributed by atoms with van der Waals surface area (Å²) >= 11 is 0. The number of imidazole rings is 1. The summed E-state index contributed by atoms with van der Waals surface area (Å²) in [5.74, 6) is 0. The van der Waals surface area contributed by atoms with Crippen LogP contribution in [-0.2, 0) is 6.54 Å². The van der Waals surface area contributed by atoms with Crippen LogP contribution in [0.3, 0.4) is 0 Å². The number of rotatable bonds is 3. The second-order valence-electron chi connectivity index (χ2n) is 3.62. The molecule has 1 N–H and O–H groups in total. The van der Waals surface area contributed by atoms with E-state index in [9.17, 15) is 0 Å². The Labute approximate surface area is 93.1 Å². The Kier molecular flexibility index (Phi) is 2.11. The quantitative estimate of drug-likeness (QED) is 0.719. The lowest BCUT2D eigenvalue weighted by molar-refractivity contribution is 0.834. The van der Waals surface area contributed by atoms with Crippen LogP contribution in [0.1, 0.15) is 5.69 Å². The molecule has 0 unspecified atom stereocenters. The zero-order chi connectivity index (χ0) is 10.8. The fraction of sp³-hybridized carbons (Fsp3) is 0.0833. The average Bonchev–Trinajstić information content (AvgIpc) is 2.95. The summed E-state index contributed by atoms with van der Waals surface area (Å²) < 4.78 is 3.94. The molecule has 0 amide bonds. The molecule has 4 heteroatoms. The molecule has 3 aromatic rings. The number of fused-ring (bicyclic) bond motifs is 1. The van der Waals surface area contributed by atoms with Crippen molar-refractivity contribution in [1.82, 2.24) is 14.1 Å².